The molecular weight excluding hydrogens is 415 g/mol. The largest absolute Gasteiger partial charge is 0.469 e. The third-order valence-electron chi connectivity index (χ3n) is 4.68. The molecule has 3 nitrogen and oxygen atoms in total. The molecule has 0 spiro atoms. The average Bonchev–Trinajstić information content (AvgIpc) is 2.81. The number of alkyl halides is 3. The van der Waals surface area contributed by atoms with Crippen molar-refractivity contribution in [2.45, 2.75) is 18.1 Å². The highest BCUT2D eigenvalue weighted by atomic mass is 19.4. The number of hydrogen-bond donors (Lipinski definition) is 0. The van der Waals surface area contributed by atoms with Crippen LogP contribution in [-0.2, 0) is 9.53 Å². The summed E-state index contributed by atoms with van der Waals surface area (Å²) in [6, 6.07) is 25.2. The average molecular weight is 435 g/mol. The van der Waals surface area contributed by atoms with Gasteiger partial charge in [-0.05, 0) is 12.1 Å². The number of aliphatic imine (C=N–C) groups is 1. The highest BCUT2D eigenvalue weighted by Crippen LogP contribution is 2.38. The molecule has 0 N–H and O–H groups in total. The first kappa shape index (κ1) is 22.8. The molecule has 0 aliphatic rings. The van der Waals surface area contributed by atoms with Crippen molar-refractivity contribution >= 4 is 11.7 Å². The number of carbonyl (C=O) groups excluding carboxylic acids is 1. The van der Waals surface area contributed by atoms with E-state index < -0.39 is 24.1 Å². The van der Waals surface area contributed by atoms with Crippen LogP contribution >= 0.6 is 0 Å². The monoisotopic (exact) mass is 435 g/mol. The van der Waals surface area contributed by atoms with E-state index in [4.69, 9.17) is 0 Å². The van der Waals surface area contributed by atoms with Gasteiger partial charge in [0.15, 0.2) is 0 Å². The van der Waals surface area contributed by atoms with Crippen molar-refractivity contribution < 1.29 is 22.7 Å². The number of rotatable bonds is 5. The second-order valence-electron chi connectivity index (χ2n) is 6.92. The van der Waals surface area contributed by atoms with E-state index in [9.17, 15) is 18.0 Å². The molecule has 0 aliphatic heterocycles. The lowest BCUT2D eigenvalue weighted by Crippen LogP contribution is -2.45. The van der Waals surface area contributed by atoms with Crippen molar-refractivity contribution in [1.29, 1.82) is 0 Å². The van der Waals surface area contributed by atoms with Gasteiger partial charge in [-0.3, -0.25) is 9.79 Å². The zero-order valence-corrected chi connectivity index (χ0v) is 17.3. The molecule has 3 aromatic carbocycles. The lowest BCUT2D eigenvalue weighted by Gasteiger charge is -2.27. The van der Waals surface area contributed by atoms with Crippen LogP contribution in [0.25, 0.3) is 0 Å². The maximum absolute atomic E-state index is 14.5. The van der Waals surface area contributed by atoms with Crippen LogP contribution in [0, 0.1) is 11.8 Å². The molecule has 6 heteroatoms. The molecule has 0 heterocycles. The SMILES string of the molecule is COC(=O)C[C@](C#Cc1ccccc1)(N=C(c1ccccc1)c1ccccc1)C(F)(F)F. The van der Waals surface area contributed by atoms with Crippen molar-refractivity contribution in [2.75, 3.05) is 7.11 Å². The minimum atomic E-state index is -4.95. The van der Waals surface area contributed by atoms with Gasteiger partial charge in [0.1, 0.15) is 0 Å². The predicted octanol–water partition coefficient (Wildman–Crippen LogP) is 5.44. The lowest BCUT2D eigenvalue weighted by molar-refractivity contribution is -0.177. The van der Waals surface area contributed by atoms with E-state index in [1.54, 1.807) is 91.0 Å². The molecule has 0 aromatic heterocycles. The van der Waals surface area contributed by atoms with Gasteiger partial charge in [-0.15, -0.1) is 0 Å². The van der Waals surface area contributed by atoms with Crippen molar-refractivity contribution in [3.8, 4) is 11.8 Å². The van der Waals surface area contributed by atoms with Gasteiger partial charge in [0.2, 0.25) is 5.54 Å². The summed E-state index contributed by atoms with van der Waals surface area (Å²) in [5, 5.41) is 0. The van der Waals surface area contributed by atoms with Crippen molar-refractivity contribution in [3.05, 3.63) is 108 Å². The van der Waals surface area contributed by atoms with Crippen molar-refractivity contribution in [2.24, 2.45) is 4.99 Å². The Morgan fingerprint density at radius 1 is 0.844 bits per heavy atom. The maximum atomic E-state index is 14.5. The van der Waals surface area contributed by atoms with Crippen LogP contribution in [0.3, 0.4) is 0 Å². The van der Waals surface area contributed by atoms with E-state index in [0.29, 0.717) is 16.7 Å². The summed E-state index contributed by atoms with van der Waals surface area (Å²) in [5.74, 6) is 3.75. The molecule has 0 bridgehead atoms. The standard InChI is InChI=1S/C26H20F3NO2/c1-32-23(31)19-25(26(27,28)29,18-17-20-11-5-2-6-12-20)30-24(21-13-7-3-8-14-21)22-15-9-4-10-16-22/h2-16H,19H2,1H3/t25-/m0/s1. The Morgan fingerprint density at radius 3 is 1.75 bits per heavy atom. The van der Waals surface area contributed by atoms with Crippen LogP contribution in [-0.4, -0.2) is 30.5 Å². The Hall–Kier alpha value is -3.85. The quantitative estimate of drug-likeness (QED) is 0.304. The van der Waals surface area contributed by atoms with Gasteiger partial charge in [-0.1, -0.05) is 90.7 Å². The van der Waals surface area contributed by atoms with Crippen LogP contribution in [0.15, 0.2) is 96.0 Å². The molecule has 0 aliphatic carbocycles. The van der Waals surface area contributed by atoms with Gasteiger partial charge in [0, 0.05) is 16.7 Å². The fourth-order valence-electron chi connectivity index (χ4n) is 3.00. The number of hydrogen-bond acceptors (Lipinski definition) is 3. The number of esters is 1. The van der Waals surface area contributed by atoms with Gasteiger partial charge in [-0.25, -0.2) is 0 Å². The molecular formula is C26H20F3NO2. The van der Waals surface area contributed by atoms with Crippen molar-refractivity contribution in [3.63, 3.8) is 0 Å². The van der Waals surface area contributed by atoms with E-state index in [-0.39, 0.29) is 5.71 Å². The summed E-state index contributed by atoms with van der Waals surface area (Å²) in [6.45, 7) is 0. The summed E-state index contributed by atoms with van der Waals surface area (Å²) in [5.41, 5.74) is -1.61. The second kappa shape index (κ2) is 9.97. The fourth-order valence-corrected chi connectivity index (χ4v) is 3.00. The van der Waals surface area contributed by atoms with Gasteiger partial charge >= 0.3 is 12.1 Å². The van der Waals surface area contributed by atoms with E-state index in [2.05, 4.69) is 21.6 Å². The van der Waals surface area contributed by atoms with Gasteiger partial charge in [0.05, 0.1) is 19.2 Å². The fraction of sp³-hybridized carbons (Fsp3) is 0.154. The Morgan fingerprint density at radius 2 is 1.31 bits per heavy atom. The number of ether oxygens (including phenoxy) is 1. The van der Waals surface area contributed by atoms with Crippen molar-refractivity contribution in [1.82, 2.24) is 0 Å². The molecule has 0 saturated carbocycles. The Bertz CT molecular complexity index is 1090. The van der Waals surface area contributed by atoms with E-state index in [1.807, 2.05) is 0 Å². The third kappa shape index (κ3) is 5.44. The second-order valence-corrected chi connectivity index (χ2v) is 6.92. The number of halogens is 3. The number of methoxy groups -OCH3 is 1. The zero-order valence-electron chi connectivity index (χ0n) is 17.3. The van der Waals surface area contributed by atoms with Crippen LogP contribution in [0.4, 0.5) is 13.2 Å². The number of benzene rings is 3. The highest BCUT2D eigenvalue weighted by Gasteiger charge is 2.56. The minimum Gasteiger partial charge on any atom is -0.469 e. The minimum absolute atomic E-state index is 0.0785. The summed E-state index contributed by atoms with van der Waals surface area (Å²) < 4.78 is 48.2. The molecule has 0 saturated heterocycles. The molecule has 162 valence electrons. The molecule has 32 heavy (non-hydrogen) atoms. The van der Waals surface area contributed by atoms with Gasteiger partial charge < -0.3 is 4.74 Å². The third-order valence-corrected chi connectivity index (χ3v) is 4.68. The molecule has 0 unspecified atom stereocenters. The summed E-state index contributed by atoms with van der Waals surface area (Å²) in [6.07, 6.45) is -6.02. The summed E-state index contributed by atoms with van der Waals surface area (Å²) >= 11 is 0. The van der Waals surface area contributed by atoms with Crippen LogP contribution in [0.1, 0.15) is 23.1 Å². The van der Waals surface area contributed by atoms with E-state index in [0.717, 1.165) is 7.11 Å². The van der Waals surface area contributed by atoms with Crippen LogP contribution in [0.5, 0.6) is 0 Å². The molecule has 0 fully saturated rings. The van der Waals surface area contributed by atoms with Gasteiger partial charge in [0.25, 0.3) is 0 Å². The molecule has 0 amide bonds. The Balaban J connectivity index is 2.29. The first-order chi connectivity index (χ1) is 15.3. The van der Waals surface area contributed by atoms with Crippen LogP contribution in [0.2, 0.25) is 0 Å². The first-order valence-electron chi connectivity index (χ1n) is 9.77. The number of nitrogens with zero attached hydrogens (tertiary/aromatic N) is 1. The molecule has 3 aromatic rings. The highest BCUT2D eigenvalue weighted by molar-refractivity contribution is 6.13. The van der Waals surface area contributed by atoms with Gasteiger partial charge in [-0.2, -0.15) is 13.2 Å². The van der Waals surface area contributed by atoms with E-state index >= 15 is 0 Å². The zero-order chi connectivity index (χ0) is 23.0. The Labute approximate surface area is 184 Å². The summed E-state index contributed by atoms with van der Waals surface area (Å²) in [7, 11) is 1.03. The summed E-state index contributed by atoms with van der Waals surface area (Å²) in [4.78, 5) is 16.2. The molecule has 1 atom stereocenters. The first-order valence-corrected chi connectivity index (χ1v) is 9.77. The topological polar surface area (TPSA) is 38.7 Å². The van der Waals surface area contributed by atoms with Crippen LogP contribution < -0.4 is 0 Å². The Kier molecular flexibility index (Phi) is 7.11. The molecule has 0 radical (unpaired) electrons. The molecule has 3 rings (SSSR count). The smallest absolute Gasteiger partial charge is 0.425 e. The lowest BCUT2D eigenvalue weighted by atomic mass is 9.93. The predicted molar refractivity (Wildman–Crippen MR) is 117 cm³/mol. The maximum Gasteiger partial charge on any atom is 0.425 e. The van der Waals surface area contributed by atoms with E-state index in [1.165, 1.54) is 0 Å². The number of carbonyl (C=O) groups is 1. The normalized spacial score (nSPS) is 12.6.